The first kappa shape index (κ1) is 14.0. The van der Waals surface area contributed by atoms with Crippen LogP contribution in [0.25, 0.3) is 0 Å². The molecule has 0 aliphatic heterocycles. The molecule has 0 aliphatic carbocycles. The van der Waals surface area contributed by atoms with Crippen LogP contribution in [0.15, 0.2) is 12.5 Å². The lowest BCUT2D eigenvalue weighted by Crippen LogP contribution is -2.33. The summed E-state index contributed by atoms with van der Waals surface area (Å²) in [5, 5.41) is 0. The van der Waals surface area contributed by atoms with Crippen LogP contribution in [-0.2, 0) is 20.7 Å². The molecule has 0 aliphatic rings. The molecule has 0 saturated carbocycles. The van der Waals surface area contributed by atoms with Gasteiger partial charge in [-0.1, -0.05) is 0 Å². The second kappa shape index (κ2) is 5.51. The van der Waals surface area contributed by atoms with Crippen molar-refractivity contribution in [3.05, 3.63) is 18.2 Å². The maximum absolute atomic E-state index is 11.1. The first-order chi connectivity index (χ1) is 7.34. The molecule has 0 aromatic carbocycles. The zero-order valence-corrected chi connectivity index (χ0v) is 12.4. The maximum atomic E-state index is 11.1. The normalized spacial score (nSPS) is 13.6. The Labute approximate surface area is 101 Å². The van der Waals surface area contributed by atoms with Gasteiger partial charge in [0.15, 0.2) is 0 Å². The summed E-state index contributed by atoms with van der Waals surface area (Å²) in [6, 6.07) is -0.665. The van der Waals surface area contributed by atoms with E-state index in [1.54, 1.807) is 6.33 Å². The summed E-state index contributed by atoms with van der Waals surface area (Å²) in [6.07, 6.45) is 3.90. The average molecular weight is 279 g/mol. The fourth-order valence-corrected chi connectivity index (χ4v) is 1.56. The van der Waals surface area contributed by atoms with Crippen molar-refractivity contribution in [3.63, 3.8) is 0 Å². The Morgan fingerprint density at radius 2 is 2.31 bits per heavy atom. The third-order valence-electron chi connectivity index (χ3n) is 2.02. The second-order valence-corrected chi connectivity index (χ2v) is 8.27. The van der Waals surface area contributed by atoms with E-state index in [9.17, 15) is 4.79 Å². The van der Waals surface area contributed by atoms with Crippen molar-refractivity contribution in [3.8, 4) is 0 Å². The lowest BCUT2D eigenvalue weighted by Gasteiger charge is -2.19. The van der Waals surface area contributed by atoms with Gasteiger partial charge in [-0.05, 0) is 0 Å². The van der Waals surface area contributed by atoms with Crippen LogP contribution in [0.1, 0.15) is 5.69 Å². The van der Waals surface area contributed by atoms with Crippen LogP contribution in [0.2, 0.25) is 0 Å². The van der Waals surface area contributed by atoms with E-state index in [1.807, 2.05) is 10.8 Å². The molecule has 5 nitrogen and oxygen atoms in total. The van der Waals surface area contributed by atoms with Crippen LogP contribution in [0.4, 0.5) is 0 Å². The minimum absolute atomic E-state index is 0.263. The highest BCUT2D eigenvalue weighted by molar-refractivity contribution is 7.55. The molecule has 4 atom stereocenters. The predicted octanol–water partition coefficient (Wildman–Crippen LogP) is 0.119. The van der Waals surface area contributed by atoms with E-state index in [2.05, 4.69) is 37.4 Å². The molecule has 8 heteroatoms. The SMILES string of the molecule is COC(=O)C(N)Cc1cn(C(P)(P)P)cn1. The number of rotatable bonds is 4. The molecule has 2 N–H and O–H groups in total. The molecule has 16 heavy (non-hydrogen) atoms. The zero-order chi connectivity index (χ0) is 12.3. The molecule has 1 rings (SSSR count). The highest BCUT2D eigenvalue weighted by Gasteiger charge is 2.18. The number of ether oxygens (including phenoxy) is 1. The van der Waals surface area contributed by atoms with Crippen LogP contribution in [0.5, 0.6) is 0 Å². The van der Waals surface area contributed by atoms with Gasteiger partial charge in [0, 0.05) is 12.6 Å². The van der Waals surface area contributed by atoms with Crippen LogP contribution >= 0.6 is 27.7 Å². The van der Waals surface area contributed by atoms with E-state index in [-0.39, 0.29) is 4.76 Å². The Kier molecular flexibility index (Phi) is 4.82. The molecule has 0 saturated heterocycles. The first-order valence-corrected chi connectivity index (χ1v) is 6.31. The monoisotopic (exact) mass is 279 g/mol. The van der Waals surface area contributed by atoms with Gasteiger partial charge in [-0.25, -0.2) is 4.98 Å². The summed E-state index contributed by atoms with van der Waals surface area (Å²) in [6.45, 7) is 0. The van der Waals surface area contributed by atoms with Gasteiger partial charge in [-0.2, -0.15) is 0 Å². The molecular weight excluding hydrogens is 263 g/mol. The van der Waals surface area contributed by atoms with E-state index >= 15 is 0 Å². The summed E-state index contributed by atoms with van der Waals surface area (Å²) < 4.78 is 6.17. The van der Waals surface area contributed by atoms with Crippen molar-refractivity contribution in [2.75, 3.05) is 7.11 Å². The number of carbonyl (C=O) groups is 1. The topological polar surface area (TPSA) is 70.1 Å². The van der Waals surface area contributed by atoms with Crippen molar-refractivity contribution >= 4 is 33.7 Å². The average Bonchev–Trinajstić information content (AvgIpc) is 2.64. The Hall–Kier alpha value is -0.0700. The van der Waals surface area contributed by atoms with Gasteiger partial charge in [-0.15, -0.1) is 27.7 Å². The molecule has 4 unspecified atom stereocenters. The Morgan fingerprint density at radius 1 is 1.69 bits per heavy atom. The van der Waals surface area contributed by atoms with Gasteiger partial charge < -0.3 is 15.0 Å². The van der Waals surface area contributed by atoms with Crippen molar-refractivity contribution < 1.29 is 9.53 Å². The molecule has 0 spiro atoms. The van der Waals surface area contributed by atoms with Gasteiger partial charge in [-0.3, -0.25) is 4.79 Å². The van der Waals surface area contributed by atoms with E-state index in [1.165, 1.54) is 7.11 Å². The van der Waals surface area contributed by atoms with Gasteiger partial charge >= 0.3 is 5.97 Å². The van der Waals surface area contributed by atoms with E-state index in [4.69, 9.17) is 5.73 Å². The van der Waals surface area contributed by atoms with Crippen molar-refractivity contribution in [1.29, 1.82) is 0 Å². The Bertz CT molecular complexity index is 375. The van der Waals surface area contributed by atoms with Crippen LogP contribution in [0, 0.1) is 0 Å². The van der Waals surface area contributed by atoms with E-state index in [0.29, 0.717) is 6.42 Å². The minimum Gasteiger partial charge on any atom is -0.468 e. The number of esters is 1. The molecule has 1 aromatic heterocycles. The molecule has 0 fully saturated rings. The number of aromatic nitrogens is 2. The minimum atomic E-state index is -0.665. The predicted molar refractivity (Wildman–Crippen MR) is 73.0 cm³/mol. The molecule has 0 amide bonds. The lowest BCUT2D eigenvalue weighted by molar-refractivity contribution is -0.142. The van der Waals surface area contributed by atoms with E-state index < -0.39 is 12.0 Å². The summed E-state index contributed by atoms with van der Waals surface area (Å²) in [5.74, 6) is -0.427. The summed E-state index contributed by atoms with van der Waals surface area (Å²) in [4.78, 5) is 15.3. The molecule has 0 bridgehead atoms. The summed E-state index contributed by atoms with van der Waals surface area (Å²) in [7, 11) is 9.25. The maximum Gasteiger partial charge on any atom is 0.323 e. The molecule has 1 aromatic rings. The lowest BCUT2D eigenvalue weighted by atomic mass is 10.2. The van der Waals surface area contributed by atoms with Gasteiger partial charge in [0.1, 0.15) is 6.04 Å². The Morgan fingerprint density at radius 3 is 2.75 bits per heavy atom. The van der Waals surface area contributed by atoms with Crippen LogP contribution in [-0.4, -0.2) is 28.7 Å². The number of nitrogens with zero attached hydrogens (tertiary/aromatic N) is 2. The molecule has 0 radical (unpaired) electrons. The quantitative estimate of drug-likeness (QED) is 0.627. The van der Waals surface area contributed by atoms with Crippen LogP contribution in [0.3, 0.4) is 0 Å². The molecular formula is C8H16N3O2P3. The number of methoxy groups -OCH3 is 1. The molecule has 90 valence electrons. The number of nitrogens with two attached hydrogens (primary N) is 1. The van der Waals surface area contributed by atoms with Crippen LogP contribution < -0.4 is 5.73 Å². The standard InChI is InChI=1S/C8H16N3O2P3/c1-13-7(12)6(9)2-5-3-11(4-10-5)8(14,15)16/h3-4,6H,2,9,14-16H2,1H3. The smallest absolute Gasteiger partial charge is 0.323 e. The Balaban J connectivity index is 2.69. The fraction of sp³-hybridized carbons (Fsp3) is 0.500. The number of carbonyl (C=O) groups excluding carboxylic acids is 1. The number of hydrogen-bond donors (Lipinski definition) is 1. The summed E-state index contributed by atoms with van der Waals surface area (Å²) in [5.41, 5.74) is 6.40. The largest absolute Gasteiger partial charge is 0.468 e. The van der Waals surface area contributed by atoms with Gasteiger partial charge in [0.05, 0.1) is 23.9 Å². The number of imidazole rings is 1. The van der Waals surface area contributed by atoms with Gasteiger partial charge in [0.2, 0.25) is 0 Å². The van der Waals surface area contributed by atoms with Crippen molar-refractivity contribution in [2.45, 2.75) is 17.2 Å². The second-order valence-electron chi connectivity index (χ2n) is 3.49. The number of hydrogen-bond acceptors (Lipinski definition) is 4. The summed E-state index contributed by atoms with van der Waals surface area (Å²) >= 11 is 0. The highest BCUT2D eigenvalue weighted by atomic mass is 31.1. The van der Waals surface area contributed by atoms with Crippen molar-refractivity contribution in [1.82, 2.24) is 9.55 Å². The van der Waals surface area contributed by atoms with Crippen molar-refractivity contribution in [2.24, 2.45) is 5.73 Å². The fourth-order valence-electron chi connectivity index (χ4n) is 1.14. The third-order valence-corrected chi connectivity index (χ3v) is 2.91. The zero-order valence-electron chi connectivity index (χ0n) is 8.96. The first-order valence-electron chi connectivity index (χ1n) is 4.58. The third kappa shape index (κ3) is 3.75. The molecule has 1 heterocycles. The van der Waals surface area contributed by atoms with E-state index in [0.717, 1.165) is 5.69 Å². The highest BCUT2D eigenvalue weighted by Crippen LogP contribution is 2.39. The van der Waals surface area contributed by atoms with Gasteiger partial charge in [0.25, 0.3) is 0 Å².